The molecule has 0 unspecified atom stereocenters. The lowest BCUT2D eigenvalue weighted by Gasteiger charge is -2.22. The van der Waals surface area contributed by atoms with E-state index in [9.17, 15) is 9.59 Å². The monoisotopic (exact) mass is 351 g/mol. The quantitative estimate of drug-likeness (QED) is 0.822. The zero-order valence-corrected chi connectivity index (χ0v) is 14.7. The number of fused-ring (bicyclic) bond motifs is 1. The number of hydrogen-bond acceptors (Lipinski definition) is 3. The Hall–Kier alpha value is -1.59. The number of rotatable bonds is 6. The van der Waals surface area contributed by atoms with Gasteiger partial charge >= 0.3 is 0 Å². The Morgan fingerprint density at radius 3 is 2.79 bits per heavy atom. The SMILES string of the molecule is Cl.O=C(CCC1CCNCC1)NCCN1C(=O)Cc2ccccc21. The first-order valence-corrected chi connectivity index (χ1v) is 8.60. The summed E-state index contributed by atoms with van der Waals surface area (Å²) in [5.41, 5.74) is 2.07. The van der Waals surface area contributed by atoms with Crippen molar-refractivity contribution in [3.8, 4) is 0 Å². The lowest BCUT2D eigenvalue weighted by atomic mass is 9.93. The minimum Gasteiger partial charge on any atom is -0.354 e. The van der Waals surface area contributed by atoms with Crippen molar-refractivity contribution in [2.45, 2.75) is 32.1 Å². The highest BCUT2D eigenvalue weighted by atomic mass is 35.5. The minimum absolute atomic E-state index is 0. The largest absolute Gasteiger partial charge is 0.354 e. The summed E-state index contributed by atoms with van der Waals surface area (Å²) in [6.45, 7) is 3.21. The smallest absolute Gasteiger partial charge is 0.231 e. The second-order valence-electron chi connectivity index (χ2n) is 6.43. The predicted molar refractivity (Wildman–Crippen MR) is 97.6 cm³/mol. The Balaban J connectivity index is 0.00000208. The highest BCUT2D eigenvalue weighted by Crippen LogP contribution is 2.27. The number of benzene rings is 1. The maximum atomic E-state index is 12.0. The van der Waals surface area contributed by atoms with Crippen LogP contribution in [-0.2, 0) is 16.0 Å². The van der Waals surface area contributed by atoms with Crippen molar-refractivity contribution in [1.29, 1.82) is 0 Å². The number of halogens is 1. The van der Waals surface area contributed by atoms with Crippen LogP contribution in [0.15, 0.2) is 24.3 Å². The summed E-state index contributed by atoms with van der Waals surface area (Å²) in [5, 5.41) is 6.29. The van der Waals surface area contributed by atoms with E-state index in [2.05, 4.69) is 10.6 Å². The number of nitrogens with one attached hydrogen (secondary N) is 2. The molecule has 6 heteroatoms. The first-order valence-electron chi connectivity index (χ1n) is 8.60. The third-order valence-electron chi connectivity index (χ3n) is 4.82. The molecule has 0 bridgehead atoms. The third kappa shape index (κ3) is 4.71. The van der Waals surface area contributed by atoms with Gasteiger partial charge in [0.2, 0.25) is 11.8 Å². The zero-order valence-electron chi connectivity index (χ0n) is 13.9. The van der Waals surface area contributed by atoms with Crippen LogP contribution < -0.4 is 15.5 Å². The Morgan fingerprint density at radius 1 is 1.25 bits per heavy atom. The highest BCUT2D eigenvalue weighted by Gasteiger charge is 2.26. The summed E-state index contributed by atoms with van der Waals surface area (Å²) in [6.07, 6.45) is 4.38. The van der Waals surface area contributed by atoms with Gasteiger partial charge in [0.05, 0.1) is 6.42 Å². The van der Waals surface area contributed by atoms with Crippen LogP contribution >= 0.6 is 12.4 Å². The summed E-state index contributed by atoms with van der Waals surface area (Å²) < 4.78 is 0. The fraction of sp³-hybridized carbons (Fsp3) is 0.556. The van der Waals surface area contributed by atoms with Crippen LogP contribution in [0, 0.1) is 5.92 Å². The molecule has 1 fully saturated rings. The van der Waals surface area contributed by atoms with Crippen molar-refractivity contribution in [3.63, 3.8) is 0 Å². The molecule has 3 rings (SSSR count). The summed E-state index contributed by atoms with van der Waals surface area (Å²) in [5.74, 6) is 0.896. The topological polar surface area (TPSA) is 61.4 Å². The number of carbonyl (C=O) groups is 2. The van der Waals surface area contributed by atoms with Gasteiger partial charge < -0.3 is 15.5 Å². The molecule has 2 N–H and O–H groups in total. The molecule has 0 saturated carbocycles. The first kappa shape index (κ1) is 18.7. The van der Waals surface area contributed by atoms with Gasteiger partial charge in [0.25, 0.3) is 0 Å². The maximum Gasteiger partial charge on any atom is 0.231 e. The van der Waals surface area contributed by atoms with Crippen LogP contribution in [0.4, 0.5) is 5.69 Å². The van der Waals surface area contributed by atoms with Gasteiger partial charge in [0, 0.05) is 25.2 Å². The molecule has 24 heavy (non-hydrogen) atoms. The lowest BCUT2D eigenvalue weighted by Crippen LogP contribution is -2.37. The number of nitrogens with zero attached hydrogens (tertiary/aromatic N) is 1. The van der Waals surface area contributed by atoms with Crippen molar-refractivity contribution in [1.82, 2.24) is 10.6 Å². The molecule has 2 aliphatic rings. The van der Waals surface area contributed by atoms with Gasteiger partial charge in [0.1, 0.15) is 0 Å². The molecule has 0 radical (unpaired) electrons. The van der Waals surface area contributed by atoms with Gasteiger partial charge in [-0.1, -0.05) is 18.2 Å². The fourth-order valence-electron chi connectivity index (χ4n) is 3.46. The fourth-order valence-corrected chi connectivity index (χ4v) is 3.46. The van der Waals surface area contributed by atoms with E-state index >= 15 is 0 Å². The molecular formula is C18H26ClN3O2. The third-order valence-corrected chi connectivity index (χ3v) is 4.82. The normalized spacial score (nSPS) is 17.3. The maximum absolute atomic E-state index is 12.0. The van der Waals surface area contributed by atoms with Gasteiger partial charge in [-0.2, -0.15) is 0 Å². The van der Waals surface area contributed by atoms with E-state index in [1.54, 1.807) is 4.90 Å². The van der Waals surface area contributed by atoms with E-state index < -0.39 is 0 Å². The van der Waals surface area contributed by atoms with E-state index in [0.717, 1.165) is 30.8 Å². The summed E-state index contributed by atoms with van der Waals surface area (Å²) in [7, 11) is 0. The molecule has 0 aromatic heterocycles. The van der Waals surface area contributed by atoms with Crippen molar-refractivity contribution in [3.05, 3.63) is 29.8 Å². The summed E-state index contributed by atoms with van der Waals surface area (Å²) in [4.78, 5) is 25.8. The van der Waals surface area contributed by atoms with Gasteiger partial charge in [-0.05, 0) is 49.9 Å². The van der Waals surface area contributed by atoms with Crippen LogP contribution in [0.2, 0.25) is 0 Å². The molecule has 1 aromatic carbocycles. The number of piperidine rings is 1. The Bertz CT molecular complexity index is 573. The number of amides is 2. The van der Waals surface area contributed by atoms with Crippen LogP contribution in [0.5, 0.6) is 0 Å². The molecule has 0 atom stereocenters. The molecule has 1 saturated heterocycles. The van der Waals surface area contributed by atoms with E-state index in [1.165, 1.54) is 12.8 Å². The second kappa shape index (κ2) is 9.04. The molecule has 2 amide bonds. The standard InChI is InChI=1S/C18H25N3O2.ClH/c22-17(6-5-14-7-9-19-10-8-14)20-11-12-21-16-4-2-1-3-15(16)13-18(21)23;/h1-4,14,19H,5-13H2,(H,20,22);1H. The van der Waals surface area contributed by atoms with Crippen molar-refractivity contribution in [2.24, 2.45) is 5.92 Å². The molecule has 0 aliphatic carbocycles. The molecule has 0 spiro atoms. The van der Waals surface area contributed by atoms with Crippen molar-refractivity contribution in [2.75, 3.05) is 31.1 Å². The van der Waals surface area contributed by atoms with E-state index in [4.69, 9.17) is 0 Å². The lowest BCUT2D eigenvalue weighted by molar-refractivity contribution is -0.121. The van der Waals surface area contributed by atoms with E-state index in [1.807, 2.05) is 24.3 Å². The summed E-state index contributed by atoms with van der Waals surface area (Å²) in [6, 6.07) is 7.87. The van der Waals surface area contributed by atoms with Crippen LogP contribution in [0.25, 0.3) is 0 Å². The number of hydrogen-bond donors (Lipinski definition) is 2. The van der Waals surface area contributed by atoms with Gasteiger partial charge in [-0.25, -0.2) is 0 Å². The Kier molecular flexibility index (Phi) is 7.06. The molecule has 132 valence electrons. The van der Waals surface area contributed by atoms with Gasteiger partial charge in [-0.15, -0.1) is 12.4 Å². The summed E-state index contributed by atoms with van der Waals surface area (Å²) >= 11 is 0. The van der Waals surface area contributed by atoms with Crippen LogP contribution in [0.1, 0.15) is 31.2 Å². The van der Waals surface area contributed by atoms with E-state index in [0.29, 0.717) is 31.8 Å². The number of anilines is 1. The first-order chi connectivity index (χ1) is 11.2. The molecule has 2 aliphatic heterocycles. The Labute approximate surface area is 149 Å². The molecule has 2 heterocycles. The predicted octanol–water partition coefficient (Wildman–Crippen LogP) is 1.89. The highest BCUT2D eigenvalue weighted by molar-refractivity contribution is 6.01. The van der Waals surface area contributed by atoms with Crippen molar-refractivity contribution >= 4 is 29.9 Å². The van der Waals surface area contributed by atoms with Crippen molar-refractivity contribution < 1.29 is 9.59 Å². The van der Waals surface area contributed by atoms with Crippen LogP contribution in [0.3, 0.4) is 0 Å². The van der Waals surface area contributed by atoms with Crippen LogP contribution in [-0.4, -0.2) is 38.0 Å². The molecule has 5 nitrogen and oxygen atoms in total. The Morgan fingerprint density at radius 2 is 2.00 bits per heavy atom. The number of para-hydroxylation sites is 1. The zero-order chi connectivity index (χ0) is 16.1. The molecular weight excluding hydrogens is 326 g/mol. The number of carbonyl (C=O) groups excluding carboxylic acids is 2. The molecule has 1 aromatic rings. The average molecular weight is 352 g/mol. The van der Waals surface area contributed by atoms with Gasteiger partial charge in [-0.3, -0.25) is 9.59 Å². The second-order valence-corrected chi connectivity index (χ2v) is 6.43. The minimum atomic E-state index is 0. The average Bonchev–Trinajstić information content (AvgIpc) is 2.90. The van der Waals surface area contributed by atoms with Gasteiger partial charge in [0.15, 0.2) is 0 Å². The van der Waals surface area contributed by atoms with E-state index in [-0.39, 0.29) is 24.2 Å².